The molecule has 5 aliphatic rings. The van der Waals surface area contributed by atoms with Crippen molar-refractivity contribution in [2.24, 2.45) is 56.7 Å². The number of aliphatic hydroxyl groups excluding tert-OH is 1. The first-order chi connectivity index (χ1) is 17.1. The van der Waals surface area contributed by atoms with Gasteiger partial charge in [0.2, 0.25) is 0 Å². The summed E-state index contributed by atoms with van der Waals surface area (Å²) >= 11 is 0. The molecular formula is C32H50O5. The van der Waals surface area contributed by atoms with E-state index in [0.29, 0.717) is 17.8 Å². The number of hydrogen-bond acceptors (Lipinski definition) is 4. The number of allylic oxidation sites excluding steroid dienone is 1. The zero-order valence-electron chi connectivity index (χ0n) is 24.1. The van der Waals surface area contributed by atoms with Crippen molar-refractivity contribution in [2.75, 3.05) is 6.61 Å². The minimum atomic E-state index is -1.09. The molecule has 0 aromatic heterocycles. The summed E-state index contributed by atoms with van der Waals surface area (Å²) in [4.78, 5) is 24.8. The molecule has 0 aromatic carbocycles. The van der Waals surface area contributed by atoms with Crippen LogP contribution in [0.5, 0.6) is 0 Å². The summed E-state index contributed by atoms with van der Waals surface area (Å²) in [6.07, 6.45) is 9.94. The van der Waals surface area contributed by atoms with Crippen LogP contribution in [0.1, 0.15) is 106 Å². The number of fused-ring (bicyclic) bond motifs is 7. The van der Waals surface area contributed by atoms with Gasteiger partial charge in [-0.05, 0) is 122 Å². The topological polar surface area (TPSA) is 83.8 Å². The highest BCUT2D eigenvalue weighted by Gasteiger charge is 2.72. The van der Waals surface area contributed by atoms with E-state index in [1.54, 1.807) is 0 Å². The molecule has 0 heterocycles. The lowest BCUT2D eigenvalue weighted by atomic mass is 9.32. The number of carbonyl (C=O) groups excluding carboxylic acids is 1. The molecule has 5 nitrogen and oxygen atoms in total. The third-order valence-electron chi connectivity index (χ3n) is 13.8. The predicted molar refractivity (Wildman–Crippen MR) is 144 cm³/mol. The van der Waals surface area contributed by atoms with Crippen LogP contribution in [0.3, 0.4) is 0 Å². The molecule has 5 rings (SSSR count). The van der Waals surface area contributed by atoms with Gasteiger partial charge < -0.3 is 14.9 Å². The molecule has 0 spiro atoms. The number of carbonyl (C=O) groups is 2. The van der Waals surface area contributed by atoms with E-state index in [4.69, 9.17) is 4.74 Å². The normalized spacial score (nSPS) is 50.1. The summed E-state index contributed by atoms with van der Waals surface area (Å²) in [5.74, 6) is 0.655. The Morgan fingerprint density at radius 2 is 1.57 bits per heavy atom. The number of hydrogen-bond donors (Lipinski definition) is 2. The number of esters is 1. The quantitative estimate of drug-likeness (QED) is 0.325. The van der Waals surface area contributed by atoms with Crippen molar-refractivity contribution in [1.82, 2.24) is 0 Å². The number of carboxylic acid groups (broad SMARTS) is 1. The van der Waals surface area contributed by atoms with Crippen LogP contribution in [0.25, 0.3) is 0 Å². The lowest BCUT2D eigenvalue weighted by Crippen LogP contribution is -2.67. The standard InChI is InChI=1S/C32H50O5/c1-19(2)20-10-15-32(27(36)37-18-25(34)35)17-16-30(6)21(26(20)32)8-9-23-29(5)13-12-24(33)28(3,4)22(29)11-14-31(23,30)7/h20-24,26,33H,1,8-18H2,2-7H3,(H,34,35)/t20-,21+,22-,23+,24-,26+,29-,30+,31+,32-/m0/s1. The molecule has 2 N–H and O–H groups in total. The van der Waals surface area contributed by atoms with Gasteiger partial charge in [-0.1, -0.05) is 46.8 Å². The Morgan fingerprint density at radius 1 is 0.865 bits per heavy atom. The van der Waals surface area contributed by atoms with E-state index >= 15 is 0 Å². The van der Waals surface area contributed by atoms with Crippen molar-refractivity contribution in [3.05, 3.63) is 12.2 Å². The van der Waals surface area contributed by atoms with Crippen molar-refractivity contribution < 1.29 is 24.5 Å². The Labute approximate surface area is 223 Å². The van der Waals surface area contributed by atoms with Gasteiger partial charge in [0.15, 0.2) is 6.61 Å². The molecule has 37 heavy (non-hydrogen) atoms. The van der Waals surface area contributed by atoms with Crippen LogP contribution >= 0.6 is 0 Å². The van der Waals surface area contributed by atoms with Crippen LogP contribution in [0, 0.1) is 56.7 Å². The van der Waals surface area contributed by atoms with Gasteiger partial charge >= 0.3 is 11.9 Å². The third kappa shape index (κ3) is 3.50. The number of carboxylic acids is 1. The molecule has 0 bridgehead atoms. The summed E-state index contributed by atoms with van der Waals surface area (Å²) in [6.45, 7) is 18.2. The van der Waals surface area contributed by atoms with Gasteiger partial charge in [0.1, 0.15) is 0 Å². The van der Waals surface area contributed by atoms with Crippen LogP contribution in [-0.2, 0) is 14.3 Å². The zero-order valence-corrected chi connectivity index (χ0v) is 24.1. The van der Waals surface area contributed by atoms with Crippen LogP contribution < -0.4 is 0 Å². The first-order valence-electron chi connectivity index (χ1n) is 14.9. The first kappa shape index (κ1) is 27.2. The van der Waals surface area contributed by atoms with Gasteiger partial charge in [-0.3, -0.25) is 4.79 Å². The minimum Gasteiger partial charge on any atom is -0.479 e. The molecule has 0 saturated heterocycles. The monoisotopic (exact) mass is 514 g/mol. The second-order valence-corrected chi connectivity index (χ2v) is 15.2. The van der Waals surface area contributed by atoms with Gasteiger partial charge in [-0.15, -0.1) is 0 Å². The molecule has 208 valence electrons. The molecule has 10 atom stereocenters. The van der Waals surface area contributed by atoms with Crippen molar-refractivity contribution >= 4 is 11.9 Å². The van der Waals surface area contributed by atoms with Gasteiger partial charge in [0, 0.05) is 0 Å². The predicted octanol–water partition coefficient (Wildman–Crippen LogP) is 6.63. The van der Waals surface area contributed by atoms with Crippen molar-refractivity contribution in [1.29, 1.82) is 0 Å². The van der Waals surface area contributed by atoms with E-state index < -0.39 is 18.0 Å². The Kier molecular flexibility index (Phi) is 6.30. The fourth-order valence-corrected chi connectivity index (χ4v) is 11.8. The molecule has 0 amide bonds. The van der Waals surface area contributed by atoms with E-state index in [1.807, 2.05) is 0 Å². The van der Waals surface area contributed by atoms with Gasteiger partial charge in [0.05, 0.1) is 11.5 Å². The van der Waals surface area contributed by atoms with E-state index in [-0.39, 0.29) is 45.6 Å². The van der Waals surface area contributed by atoms with E-state index in [2.05, 4.69) is 48.1 Å². The maximum atomic E-state index is 13.6. The summed E-state index contributed by atoms with van der Waals surface area (Å²) < 4.78 is 5.45. The van der Waals surface area contributed by atoms with Gasteiger partial charge in [0.25, 0.3) is 0 Å². The smallest absolute Gasteiger partial charge is 0.341 e. The lowest BCUT2D eigenvalue weighted by molar-refractivity contribution is -0.248. The van der Waals surface area contributed by atoms with E-state index in [1.165, 1.54) is 12.8 Å². The molecule has 5 saturated carbocycles. The number of aliphatic hydroxyl groups is 1. The molecule has 5 aliphatic carbocycles. The van der Waals surface area contributed by atoms with E-state index in [9.17, 15) is 19.8 Å². The molecule has 0 aliphatic heterocycles. The summed E-state index contributed by atoms with van der Waals surface area (Å²) in [5, 5.41) is 20.1. The SMILES string of the molecule is C=C(C)[C@@H]1CC[C@]2(C(=O)OCC(=O)O)CC[C@]3(C)[C@H](CC[C@@H]4[C@@]5(C)CC[C@H](O)C(C)(C)[C@@H]5CC[C@]43C)[C@@H]12. The number of rotatable bonds is 4. The fraction of sp³-hybridized carbons (Fsp3) is 0.875. The highest BCUT2D eigenvalue weighted by Crippen LogP contribution is 2.77. The molecule has 5 heteroatoms. The maximum absolute atomic E-state index is 13.6. The summed E-state index contributed by atoms with van der Waals surface area (Å²) in [6, 6.07) is 0. The van der Waals surface area contributed by atoms with E-state index in [0.717, 1.165) is 56.9 Å². The average molecular weight is 515 g/mol. The third-order valence-corrected chi connectivity index (χ3v) is 13.8. The molecule has 0 radical (unpaired) electrons. The number of aliphatic carboxylic acids is 1. The van der Waals surface area contributed by atoms with Crippen molar-refractivity contribution in [2.45, 2.75) is 112 Å². The van der Waals surface area contributed by atoms with Crippen LogP contribution in [0.2, 0.25) is 0 Å². The summed E-state index contributed by atoms with van der Waals surface area (Å²) in [5.41, 5.74) is 1.04. The van der Waals surface area contributed by atoms with Crippen LogP contribution in [0.15, 0.2) is 12.2 Å². The molecule has 0 unspecified atom stereocenters. The van der Waals surface area contributed by atoms with Gasteiger partial charge in [-0.25, -0.2) is 4.79 Å². The second-order valence-electron chi connectivity index (χ2n) is 15.2. The van der Waals surface area contributed by atoms with Crippen molar-refractivity contribution in [3.63, 3.8) is 0 Å². The maximum Gasteiger partial charge on any atom is 0.341 e. The second kappa shape index (κ2) is 8.57. The van der Waals surface area contributed by atoms with Crippen molar-refractivity contribution in [3.8, 4) is 0 Å². The number of ether oxygens (including phenoxy) is 1. The first-order valence-corrected chi connectivity index (χ1v) is 14.9. The van der Waals surface area contributed by atoms with Gasteiger partial charge in [-0.2, -0.15) is 0 Å². The Morgan fingerprint density at radius 3 is 2.22 bits per heavy atom. The fourth-order valence-electron chi connectivity index (χ4n) is 11.8. The summed E-state index contributed by atoms with van der Waals surface area (Å²) in [7, 11) is 0. The minimum absolute atomic E-state index is 0.0573. The van der Waals surface area contributed by atoms with Crippen LogP contribution in [-0.4, -0.2) is 34.9 Å². The average Bonchev–Trinajstić information content (AvgIpc) is 3.22. The Bertz CT molecular complexity index is 986. The molecular weight excluding hydrogens is 464 g/mol. The molecule has 5 fully saturated rings. The Balaban J connectivity index is 1.53. The largest absolute Gasteiger partial charge is 0.479 e. The highest BCUT2D eigenvalue weighted by molar-refractivity contribution is 5.81. The van der Waals surface area contributed by atoms with Crippen LogP contribution in [0.4, 0.5) is 0 Å². The molecule has 0 aromatic rings. The zero-order chi connectivity index (χ0) is 27.2. The Hall–Kier alpha value is -1.36. The lowest BCUT2D eigenvalue weighted by Gasteiger charge is -2.72. The highest BCUT2D eigenvalue weighted by atomic mass is 16.6.